The summed E-state index contributed by atoms with van der Waals surface area (Å²) in [6.07, 6.45) is 0.0510. The van der Waals surface area contributed by atoms with Crippen LogP contribution in [0.5, 0.6) is 0 Å². The van der Waals surface area contributed by atoms with E-state index in [0.29, 0.717) is 10.6 Å². The summed E-state index contributed by atoms with van der Waals surface area (Å²) in [5.74, 6) is 3.90. The topological polar surface area (TPSA) is 81.1 Å². The molecule has 1 aromatic rings. The first-order chi connectivity index (χ1) is 7.04. The summed E-state index contributed by atoms with van der Waals surface area (Å²) in [7, 11) is 0. The average molecular weight is 232 g/mol. The van der Waals surface area contributed by atoms with Gasteiger partial charge in [0.15, 0.2) is 0 Å². The fraction of sp³-hybridized carbons (Fsp3) is 0.222. The van der Waals surface area contributed by atoms with Gasteiger partial charge in [-0.2, -0.15) is 0 Å². The Morgan fingerprint density at radius 2 is 2.27 bits per heavy atom. The van der Waals surface area contributed by atoms with Gasteiger partial charge in [-0.3, -0.25) is 10.2 Å². The van der Waals surface area contributed by atoms with Gasteiger partial charge in [0.25, 0.3) is 5.91 Å². The van der Waals surface area contributed by atoms with E-state index in [1.54, 1.807) is 0 Å². The first-order valence-corrected chi connectivity index (χ1v) is 4.62. The first kappa shape index (κ1) is 11.9. The fourth-order valence-electron chi connectivity index (χ4n) is 1.14. The van der Waals surface area contributed by atoms with Gasteiger partial charge in [-0.1, -0.05) is 11.6 Å². The van der Waals surface area contributed by atoms with E-state index in [-0.39, 0.29) is 6.42 Å². The lowest BCUT2D eigenvalue weighted by Gasteiger charge is -2.10. The number of benzene rings is 1. The molecule has 0 fully saturated rings. The molecule has 0 saturated carbocycles. The molecule has 4 nitrogen and oxygen atoms in total. The SMILES string of the molecule is NNC(=O)C(N)Cc1cc(Cl)ccc1F. The Morgan fingerprint density at radius 3 is 2.87 bits per heavy atom. The number of hydrogen-bond donors (Lipinski definition) is 3. The van der Waals surface area contributed by atoms with Crippen molar-refractivity contribution in [2.24, 2.45) is 11.6 Å². The number of rotatable bonds is 3. The van der Waals surface area contributed by atoms with Gasteiger partial charge in [0, 0.05) is 5.02 Å². The smallest absolute Gasteiger partial charge is 0.251 e. The summed E-state index contributed by atoms with van der Waals surface area (Å²) in [6.45, 7) is 0. The van der Waals surface area contributed by atoms with Crippen LogP contribution in [0.1, 0.15) is 5.56 Å². The van der Waals surface area contributed by atoms with Crippen LogP contribution in [-0.4, -0.2) is 11.9 Å². The van der Waals surface area contributed by atoms with Gasteiger partial charge >= 0.3 is 0 Å². The van der Waals surface area contributed by atoms with Crippen molar-refractivity contribution in [2.75, 3.05) is 0 Å². The van der Waals surface area contributed by atoms with E-state index in [1.165, 1.54) is 18.2 Å². The van der Waals surface area contributed by atoms with Crippen LogP contribution in [0.15, 0.2) is 18.2 Å². The Balaban J connectivity index is 2.80. The van der Waals surface area contributed by atoms with Crippen molar-refractivity contribution in [3.05, 3.63) is 34.6 Å². The molecule has 15 heavy (non-hydrogen) atoms. The standard InChI is InChI=1S/C9H11ClFN3O/c10-6-1-2-7(11)5(3-6)4-8(12)9(15)14-13/h1-3,8H,4,12-13H2,(H,14,15). The maximum absolute atomic E-state index is 13.2. The van der Waals surface area contributed by atoms with Gasteiger partial charge in [-0.05, 0) is 30.2 Å². The van der Waals surface area contributed by atoms with Gasteiger partial charge < -0.3 is 5.73 Å². The van der Waals surface area contributed by atoms with Crippen molar-refractivity contribution in [3.63, 3.8) is 0 Å². The molecule has 0 aliphatic carbocycles. The Hall–Kier alpha value is -1.17. The zero-order valence-electron chi connectivity index (χ0n) is 7.84. The number of carbonyl (C=O) groups is 1. The number of nitrogens with two attached hydrogens (primary N) is 2. The zero-order chi connectivity index (χ0) is 11.4. The van der Waals surface area contributed by atoms with Crippen LogP contribution in [-0.2, 0) is 11.2 Å². The van der Waals surface area contributed by atoms with Crippen molar-refractivity contribution in [1.82, 2.24) is 5.43 Å². The summed E-state index contributed by atoms with van der Waals surface area (Å²) in [6, 6.07) is 3.20. The monoisotopic (exact) mass is 231 g/mol. The van der Waals surface area contributed by atoms with Crippen LogP contribution >= 0.6 is 11.6 Å². The maximum atomic E-state index is 13.2. The van der Waals surface area contributed by atoms with E-state index < -0.39 is 17.8 Å². The number of hydrazine groups is 1. The van der Waals surface area contributed by atoms with Crippen molar-refractivity contribution in [1.29, 1.82) is 0 Å². The molecule has 1 rings (SSSR count). The van der Waals surface area contributed by atoms with Crippen molar-refractivity contribution < 1.29 is 9.18 Å². The molecule has 6 heteroatoms. The Labute approximate surface area is 91.4 Å². The van der Waals surface area contributed by atoms with E-state index in [4.69, 9.17) is 23.2 Å². The number of halogens is 2. The second kappa shape index (κ2) is 5.06. The van der Waals surface area contributed by atoms with E-state index >= 15 is 0 Å². The van der Waals surface area contributed by atoms with Gasteiger partial charge in [0.05, 0.1) is 6.04 Å². The van der Waals surface area contributed by atoms with E-state index in [1.807, 2.05) is 5.43 Å². The van der Waals surface area contributed by atoms with E-state index in [0.717, 1.165) is 0 Å². The Bertz CT molecular complexity index is 372. The quantitative estimate of drug-likeness (QED) is 0.399. The molecule has 0 radical (unpaired) electrons. The molecule has 1 unspecified atom stereocenters. The van der Waals surface area contributed by atoms with Crippen LogP contribution in [0.3, 0.4) is 0 Å². The van der Waals surface area contributed by atoms with Crippen LogP contribution in [0.2, 0.25) is 5.02 Å². The van der Waals surface area contributed by atoms with Crippen LogP contribution in [0.25, 0.3) is 0 Å². The predicted molar refractivity (Wildman–Crippen MR) is 55.4 cm³/mol. The minimum absolute atomic E-state index is 0.0510. The highest BCUT2D eigenvalue weighted by molar-refractivity contribution is 6.30. The van der Waals surface area contributed by atoms with Gasteiger partial charge in [-0.15, -0.1) is 0 Å². The average Bonchev–Trinajstić information content (AvgIpc) is 2.22. The van der Waals surface area contributed by atoms with Crippen LogP contribution in [0, 0.1) is 5.82 Å². The molecule has 1 atom stereocenters. The Morgan fingerprint density at radius 1 is 1.60 bits per heavy atom. The predicted octanol–water partition coefficient (Wildman–Crippen LogP) is 0.339. The molecule has 0 aliphatic heterocycles. The lowest BCUT2D eigenvalue weighted by molar-refractivity contribution is -0.122. The molecule has 0 heterocycles. The number of amides is 1. The minimum atomic E-state index is -0.886. The highest BCUT2D eigenvalue weighted by atomic mass is 35.5. The first-order valence-electron chi connectivity index (χ1n) is 4.24. The molecular formula is C9H11ClFN3O. The highest BCUT2D eigenvalue weighted by Crippen LogP contribution is 2.15. The van der Waals surface area contributed by atoms with Crippen molar-refractivity contribution in [2.45, 2.75) is 12.5 Å². The van der Waals surface area contributed by atoms with Crippen molar-refractivity contribution >= 4 is 17.5 Å². The maximum Gasteiger partial charge on any atom is 0.251 e. The molecular weight excluding hydrogens is 221 g/mol. The minimum Gasteiger partial charge on any atom is -0.320 e. The summed E-state index contributed by atoms with van der Waals surface area (Å²) >= 11 is 5.68. The summed E-state index contributed by atoms with van der Waals surface area (Å²) < 4.78 is 13.2. The molecule has 0 spiro atoms. The number of carbonyl (C=O) groups excluding carboxylic acids is 1. The van der Waals surface area contributed by atoms with Gasteiger partial charge in [0.2, 0.25) is 0 Å². The highest BCUT2D eigenvalue weighted by Gasteiger charge is 2.15. The summed E-state index contributed by atoms with van der Waals surface area (Å²) in [5, 5.41) is 0.395. The lowest BCUT2D eigenvalue weighted by atomic mass is 10.1. The van der Waals surface area contributed by atoms with Crippen LogP contribution in [0.4, 0.5) is 4.39 Å². The van der Waals surface area contributed by atoms with Crippen LogP contribution < -0.4 is 17.0 Å². The molecule has 82 valence electrons. The summed E-state index contributed by atoms with van der Waals surface area (Å²) in [4.78, 5) is 11.0. The lowest BCUT2D eigenvalue weighted by Crippen LogP contribution is -2.45. The normalized spacial score (nSPS) is 12.3. The van der Waals surface area contributed by atoms with Gasteiger partial charge in [-0.25, -0.2) is 10.2 Å². The molecule has 0 aromatic heterocycles. The van der Waals surface area contributed by atoms with Gasteiger partial charge in [0.1, 0.15) is 5.82 Å². The second-order valence-corrected chi connectivity index (χ2v) is 3.49. The Kier molecular flexibility index (Phi) is 4.02. The number of nitrogens with one attached hydrogen (secondary N) is 1. The summed E-state index contributed by atoms with van der Waals surface area (Å²) in [5.41, 5.74) is 7.67. The molecule has 1 amide bonds. The third-order valence-corrected chi connectivity index (χ3v) is 2.16. The largest absolute Gasteiger partial charge is 0.320 e. The molecule has 0 bridgehead atoms. The zero-order valence-corrected chi connectivity index (χ0v) is 8.59. The molecule has 1 aromatic carbocycles. The third-order valence-electron chi connectivity index (χ3n) is 1.93. The molecule has 0 saturated heterocycles. The number of hydrogen-bond acceptors (Lipinski definition) is 3. The van der Waals surface area contributed by atoms with E-state index in [9.17, 15) is 9.18 Å². The fourth-order valence-corrected chi connectivity index (χ4v) is 1.33. The molecule has 0 aliphatic rings. The third kappa shape index (κ3) is 3.16. The molecule has 5 N–H and O–H groups in total. The van der Waals surface area contributed by atoms with E-state index in [2.05, 4.69) is 0 Å². The second-order valence-electron chi connectivity index (χ2n) is 3.05. The van der Waals surface area contributed by atoms with Crippen molar-refractivity contribution in [3.8, 4) is 0 Å².